The van der Waals surface area contributed by atoms with Crippen LogP contribution in [0, 0.1) is 6.92 Å². The Hall–Kier alpha value is -4.54. The van der Waals surface area contributed by atoms with E-state index in [4.69, 9.17) is 9.15 Å². The Labute approximate surface area is 194 Å². The van der Waals surface area contributed by atoms with Gasteiger partial charge in [0.2, 0.25) is 17.6 Å². The van der Waals surface area contributed by atoms with E-state index in [-0.39, 0.29) is 18.3 Å². The van der Waals surface area contributed by atoms with Crippen LogP contribution in [0.4, 0.5) is 5.69 Å². The van der Waals surface area contributed by atoms with Crippen molar-refractivity contribution in [2.24, 2.45) is 0 Å². The molecule has 1 aliphatic heterocycles. The van der Waals surface area contributed by atoms with Crippen LogP contribution in [0.25, 0.3) is 11.5 Å². The summed E-state index contributed by atoms with van der Waals surface area (Å²) in [5, 5.41) is 14.8. The van der Waals surface area contributed by atoms with Crippen molar-refractivity contribution in [2.45, 2.75) is 19.5 Å². The van der Waals surface area contributed by atoms with Gasteiger partial charge in [0.15, 0.2) is 0 Å². The molecule has 0 radical (unpaired) electrons. The Morgan fingerprint density at radius 3 is 2.76 bits per heavy atom. The van der Waals surface area contributed by atoms with E-state index in [1.807, 2.05) is 30.3 Å². The smallest absolute Gasteiger partial charge is 0.291 e. The maximum atomic E-state index is 13.1. The van der Waals surface area contributed by atoms with E-state index in [0.29, 0.717) is 35.3 Å². The molecule has 4 aromatic rings. The highest BCUT2D eigenvalue weighted by atomic mass is 16.5. The van der Waals surface area contributed by atoms with E-state index >= 15 is 0 Å². The standard InChI is InChI=1S/C23H21N7O4/c1-14-26-27-22(34-14)16-8-9-19-18(10-16)29(2)23(32)17(12-33-19)25-21(31)20-24-13-30(28-20)11-15-6-4-3-5-7-15/h3-10,13,17H,11-12H2,1-2H3,(H,25,31). The average Bonchev–Trinajstić information content (AvgIpc) is 3.48. The van der Waals surface area contributed by atoms with Crippen molar-refractivity contribution in [1.82, 2.24) is 30.3 Å². The van der Waals surface area contributed by atoms with E-state index in [2.05, 4.69) is 25.6 Å². The summed E-state index contributed by atoms with van der Waals surface area (Å²) < 4.78 is 12.9. The Morgan fingerprint density at radius 1 is 1.18 bits per heavy atom. The van der Waals surface area contributed by atoms with E-state index < -0.39 is 11.9 Å². The van der Waals surface area contributed by atoms with Crippen LogP contribution in [0.1, 0.15) is 22.1 Å². The lowest BCUT2D eigenvalue weighted by atomic mass is 10.1. The zero-order valence-corrected chi connectivity index (χ0v) is 18.5. The fraction of sp³-hybridized carbons (Fsp3) is 0.217. The van der Waals surface area contributed by atoms with Crippen LogP contribution in [0.15, 0.2) is 59.3 Å². The summed E-state index contributed by atoms with van der Waals surface area (Å²) in [4.78, 5) is 31.4. The van der Waals surface area contributed by atoms with Gasteiger partial charge in [-0.05, 0) is 23.8 Å². The fourth-order valence-corrected chi connectivity index (χ4v) is 3.62. The van der Waals surface area contributed by atoms with Crippen molar-refractivity contribution in [3.05, 3.63) is 72.1 Å². The number of likely N-dealkylation sites (N-methyl/N-ethyl adjacent to an activating group) is 1. The molecule has 11 nitrogen and oxygen atoms in total. The SMILES string of the molecule is Cc1nnc(-c2ccc3c(c2)N(C)C(=O)C(NC(=O)c2ncn(Cc4ccccc4)n2)CO3)o1. The molecule has 2 aromatic carbocycles. The van der Waals surface area contributed by atoms with E-state index in [1.165, 1.54) is 11.2 Å². The lowest BCUT2D eigenvalue weighted by Crippen LogP contribution is -2.49. The van der Waals surface area contributed by atoms with Gasteiger partial charge in [0.05, 0.1) is 12.2 Å². The molecule has 1 atom stereocenters. The van der Waals surface area contributed by atoms with Crippen LogP contribution in [0.5, 0.6) is 5.75 Å². The number of hydrogen-bond acceptors (Lipinski definition) is 8. The minimum atomic E-state index is -0.917. The second kappa shape index (κ2) is 8.77. The van der Waals surface area contributed by atoms with Crippen molar-refractivity contribution in [3.63, 3.8) is 0 Å². The molecule has 11 heteroatoms. The predicted molar refractivity (Wildman–Crippen MR) is 120 cm³/mol. The topological polar surface area (TPSA) is 128 Å². The number of amides is 2. The highest BCUT2D eigenvalue weighted by molar-refractivity contribution is 6.02. The van der Waals surface area contributed by atoms with Gasteiger partial charge in [0.1, 0.15) is 24.7 Å². The largest absolute Gasteiger partial charge is 0.489 e. The first-order valence-corrected chi connectivity index (χ1v) is 10.6. The van der Waals surface area contributed by atoms with E-state index in [0.717, 1.165) is 5.56 Å². The van der Waals surface area contributed by atoms with Crippen molar-refractivity contribution in [1.29, 1.82) is 0 Å². The monoisotopic (exact) mass is 459 g/mol. The first-order valence-electron chi connectivity index (χ1n) is 10.6. The Balaban J connectivity index is 1.30. The van der Waals surface area contributed by atoms with Crippen LogP contribution in [0.2, 0.25) is 0 Å². The quantitative estimate of drug-likeness (QED) is 0.479. The molecule has 0 fully saturated rings. The van der Waals surface area contributed by atoms with E-state index in [1.54, 1.807) is 36.9 Å². The number of ether oxygens (including phenoxy) is 1. The van der Waals surface area contributed by atoms with Gasteiger partial charge in [0.25, 0.3) is 11.8 Å². The van der Waals surface area contributed by atoms with Gasteiger partial charge in [-0.1, -0.05) is 30.3 Å². The summed E-state index contributed by atoms with van der Waals surface area (Å²) in [5.41, 5.74) is 2.21. The molecule has 0 bridgehead atoms. The number of aryl methyl sites for hydroxylation is 1. The number of hydrogen-bond donors (Lipinski definition) is 1. The number of nitrogens with zero attached hydrogens (tertiary/aromatic N) is 6. The summed E-state index contributed by atoms with van der Waals surface area (Å²) in [5.74, 6) is 0.352. The lowest BCUT2D eigenvalue weighted by Gasteiger charge is -2.20. The number of anilines is 1. The third-order valence-corrected chi connectivity index (χ3v) is 5.36. The molecular formula is C23H21N7O4. The summed E-state index contributed by atoms with van der Waals surface area (Å²) in [6.45, 7) is 2.14. The molecule has 1 aliphatic rings. The molecule has 0 saturated carbocycles. The highest BCUT2D eigenvalue weighted by Gasteiger charge is 2.32. The lowest BCUT2D eigenvalue weighted by molar-refractivity contribution is -0.120. The molecule has 0 aliphatic carbocycles. The number of fused-ring (bicyclic) bond motifs is 1. The minimum absolute atomic E-state index is 0.0257. The van der Waals surface area contributed by atoms with Crippen molar-refractivity contribution in [2.75, 3.05) is 18.6 Å². The summed E-state index contributed by atoms with van der Waals surface area (Å²) in [6, 6.07) is 14.0. The number of carbonyl (C=O) groups excluding carboxylic acids is 2. The zero-order chi connectivity index (χ0) is 23.7. The highest BCUT2D eigenvalue weighted by Crippen LogP contribution is 2.34. The maximum Gasteiger partial charge on any atom is 0.291 e. The predicted octanol–water partition coefficient (Wildman–Crippen LogP) is 1.84. The first kappa shape index (κ1) is 21.3. The zero-order valence-electron chi connectivity index (χ0n) is 18.5. The molecule has 2 aromatic heterocycles. The molecule has 1 unspecified atom stereocenters. The molecule has 5 rings (SSSR count). The molecule has 3 heterocycles. The fourth-order valence-electron chi connectivity index (χ4n) is 3.62. The van der Waals surface area contributed by atoms with Gasteiger partial charge in [-0.3, -0.25) is 9.59 Å². The molecule has 172 valence electrons. The van der Waals surface area contributed by atoms with Crippen LogP contribution < -0.4 is 15.0 Å². The normalized spacial score (nSPS) is 15.4. The van der Waals surface area contributed by atoms with Crippen molar-refractivity contribution < 1.29 is 18.7 Å². The molecule has 2 amide bonds. The molecule has 1 N–H and O–H groups in total. The van der Waals surface area contributed by atoms with Crippen LogP contribution >= 0.6 is 0 Å². The van der Waals surface area contributed by atoms with Crippen molar-refractivity contribution >= 4 is 17.5 Å². The summed E-state index contributed by atoms with van der Waals surface area (Å²) >= 11 is 0. The second-order valence-corrected chi connectivity index (χ2v) is 7.79. The van der Waals surface area contributed by atoms with Gasteiger partial charge in [-0.25, -0.2) is 9.67 Å². The Bertz CT molecular complexity index is 1350. The maximum absolute atomic E-state index is 13.1. The number of aromatic nitrogens is 5. The second-order valence-electron chi connectivity index (χ2n) is 7.79. The first-order chi connectivity index (χ1) is 16.5. The summed E-state index contributed by atoms with van der Waals surface area (Å²) in [6.07, 6.45) is 1.48. The van der Waals surface area contributed by atoms with Crippen LogP contribution in [0.3, 0.4) is 0 Å². The van der Waals surface area contributed by atoms with Gasteiger partial charge in [-0.15, -0.1) is 15.3 Å². The van der Waals surface area contributed by atoms with Gasteiger partial charge in [0, 0.05) is 19.5 Å². The molecule has 0 saturated heterocycles. The van der Waals surface area contributed by atoms with Gasteiger partial charge < -0.3 is 19.4 Å². The summed E-state index contributed by atoms with van der Waals surface area (Å²) in [7, 11) is 1.62. The van der Waals surface area contributed by atoms with Gasteiger partial charge in [-0.2, -0.15) is 0 Å². The number of benzene rings is 2. The van der Waals surface area contributed by atoms with Gasteiger partial charge >= 0.3 is 0 Å². The van der Waals surface area contributed by atoms with Crippen LogP contribution in [-0.4, -0.2) is 56.5 Å². The number of nitrogens with one attached hydrogen (secondary N) is 1. The Morgan fingerprint density at radius 2 is 2.00 bits per heavy atom. The average molecular weight is 459 g/mol. The van der Waals surface area contributed by atoms with E-state index in [9.17, 15) is 9.59 Å². The third-order valence-electron chi connectivity index (χ3n) is 5.36. The van der Waals surface area contributed by atoms with Crippen molar-refractivity contribution in [3.8, 4) is 17.2 Å². The van der Waals surface area contributed by atoms with Crippen LogP contribution in [-0.2, 0) is 11.3 Å². The number of rotatable bonds is 5. The minimum Gasteiger partial charge on any atom is -0.489 e. The number of carbonyl (C=O) groups is 2. The molecular weight excluding hydrogens is 438 g/mol. The third kappa shape index (κ3) is 4.22. The molecule has 0 spiro atoms. The Kier molecular flexibility index (Phi) is 5.50. The molecule has 34 heavy (non-hydrogen) atoms.